The number of carbonyl (C=O) groups is 2. The monoisotopic (exact) mass is 450 g/mol. The van der Waals surface area contributed by atoms with Crippen molar-refractivity contribution in [3.63, 3.8) is 0 Å². The number of aryl methyl sites for hydroxylation is 1. The molecule has 0 spiro atoms. The van der Waals surface area contributed by atoms with E-state index in [1.54, 1.807) is 78.3 Å². The van der Waals surface area contributed by atoms with Gasteiger partial charge in [-0.15, -0.1) is 0 Å². The Kier molecular flexibility index (Phi) is 5.43. The van der Waals surface area contributed by atoms with Crippen LogP contribution in [0.2, 0.25) is 0 Å². The fraction of sp³-hybridized carbons (Fsp3) is 0.0870. The molecule has 0 aliphatic carbocycles. The maximum Gasteiger partial charge on any atom is 0.279 e. The van der Waals surface area contributed by atoms with Crippen molar-refractivity contribution in [1.29, 1.82) is 0 Å². The Morgan fingerprint density at radius 1 is 0.871 bits per heavy atom. The number of hydrogen-bond acceptors (Lipinski definition) is 5. The molecule has 0 atom stereocenters. The summed E-state index contributed by atoms with van der Waals surface area (Å²) in [5, 5.41) is 0. The van der Waals surface area contributed by atoms with Gasteiger partial charge in [0.05, 0.1) is 15.1 Å². The number of rotatable bonds is 4. The highest BCUT2D eigenvalue weighted by atomic mass is 32.2. The molecule has 8 heteroatoms. The molecule has 0 unspecified atom stereocenters. The van der Waals surface area contributed by atoms with E-state index in [9.17, 15) is 18.0 Å². The van der Waals surface area contributed by atoms with E-state index in [1.807, 2.05) is 6.07 Å². The highest BCUT2D eigenvalue weighted by Gasteiger charge is 2.13. The summed E-state index contributed by atoms with van der Waals surface area (Å²) >= 11 is 1.24. The molecule has 4 aromatic rings. The van der Waals surface area contributed by atoms with Crippen LogP contribution in [0.15, 0.2) is 82.7 Å². The number of aromatic nitrogens is 1. The molecular formula is C23H18N2O4S2. The standard InChI is InChI=1S/C23H18N2O4S2/c1-25-19-13-12-18(31(2,28)29)14-20(19)30-23(25)24-22(27)17-10-8-16(9-11-17)21(26)15-6-4-3-5-7-15/h3-14H,1-2H3. The third-order valence-electron chi connectivity index (χ3n) is 4.84. The van der Waals surface area contributed by atoms with Crippen LogP contribution >= 0.6 is 11.3 Å². The van der Waals surface area contributed by atoms with Gasteiger partial charge < -0.3 is 4.57 Å². The number of carbonyl (C=O) groups excluding carboxylic acids is 2. The average Bonchev–Trinajstić information content (AvgIpc) is 3.08. The normalized spacial score (nSPS) is 12.3. The summed E-state index contributed by atoms with van der Waals surface area (Å²) in [6.07, 6.45) is 1.16. The zero-order chi connectivity index (χ0) is 22.2. The van der Waals surface area contributed by atoms with Crippen molar-refractivity contribution in [2.75, 3.05) is 6.26 Å². The van der Waals surface area contributed by atoms with E-state index in [4.69, 9.17) is 0 Å². The Morgan fingerprint density at radius 3 is 2.13 bits per heavy atom. The first kappa shape index (κ1) is 20.9. The van der Waals surface area contributed by atoms with Crippen molar-refractivity contribution in [1.82, 2.24) is 4.57 Å². The Hall–Kier alpha value is -3.36. The molecule has 1 aromatic heterocycles. The maximum absolute atomic E-state index is 12.7. The van der Waals surface area contributed by atoms with Crippen LogP contribution in [0.25, 0.3) is 10.2 Å². The lowest BCUT2D eigenvalue weighted by atomic mass is 10.0. The first-order chi connectivity index (χ1) is 14.7. The lowest BCUT2D eigenvalue weighted by Crippen LogP contribution is -2.13. The molecule has 0 N–H and O–H groups in total. The molecule has 6 nitrogen and oxygen atoms in total. The summed E-state index contributed by atoms with van der Waals surface area (Å²) in [6.45, 7) is 0. The minimum atomic E-state index is -3.32. The number of thiazole rings is 1. The molecule has 0 fully saturated rings. The smallest absolute Gasteiger partial charge is 0.279 e. The van der Waals surface area contributed by atoms with Crippen molar-refractivity contribution < 1.29 is 18.0 Å². The van der Waals surface area contributed by atoms with E-state index < -0.39 is 15.7 Å². The van der Waals surface area contributed by atoms with Crippen LogP contribution in [0.5, 0.6) is 0 Å². The summed E-state index contributed by atoms with van der Waals surface area (Å²) < 4.78 is 26.1. The number of ketones is 1. The Balaban J connectivity index is 1.65. The maximum atomic E-state index is 12.7. The van der Waals surface area contributed by atoms with E-state index in [-0.39, 0.29) is 10.7 Å². The average molecular weight is 451 g/mol. The number of amides is 1. The van der Waals surface area contributed by atoms with Crippen molar-refractivity contribution in [2.24, 2.45) is 12.0 Å². The van der Waals surface area contributed by atoms with Gasteiger partial charge in [-0.05, 0) is 30.3 Å². The molecule has 0 aliphatic rings. The number of hydrogen-bond donors (Lipinski definition) is 0. The third kappa shape index (κ3) is 4.26. The number of sulfone groups is 1. The Morgan fingerprint density at radius 2 is 1.48 bits per heavy atom. The second-order valence-electron chi connectivity index (χ2n) is 7.03. The van der Waals surface area contributed by atoms with E-state index >= 15 is 0 Å². The Bertz CT molecular complexity index is 1480. The first-order valence-corrected chi connectivity index (χ1v) is 12.0. The van der Waals surface area contributed by atoms with E-state index in [1.165, 1.54) is 11.3 Å². The van der Waals surface area contributed by atoms with Gasteiger partial charge in [-0.3, -0.25) is 9.59 Å². The summed E-state index contributed by atoms with van der Waals surface area (Å²) in [5.41, 5.74) is 2.21. The summed E-state index contributed by atoms with van der Waals surface area (Å²) in [6, 6.07) is 20.1. The molecular weight excluding hydrogens is 432 g/mol. The second kappa shape index (κ2) is 8.05. The summed E-state index contributed by atoms with van der Waals surface area (Å²) in [5.74, 6) is -0.557. The first-order valence-electron chi connectivity index (χ1n) is 9.32. The van der Waals surface area contributed by atoms with Gasteiger partial charge in [0.25, 0.3) is 5.91 Å². The number of nitrogens with zero attached hydrogens (tertiary/aromatic N) is 2. The van der Waals surface area contributed by atoms with Gasteiger partial charge in [-0.25, -0.2) is 8.42 Å². The van der Waals surface area contributed by atoms with Gasteiger partial charge in [-0.2, -0.15) is 4.99 Å². The topological polar surface area (TPSA) is 85.6 Å². The molecule has 0 saturated heterocycles. The molecule has 4 rings (SSSR count). The molecule has 31 heavy (non-hydrogen) atoms. The Labute approximate surface area is 183 Å². The lowest BCUT2D eigenvalue weighted by molar-refractivity contribution is 0.0994. The zero-order valence-electron chi connectivity index (χ0n) is 16.8. The molecule has 156 valence electrons. The molecule has 0 saturated carbocycles. The summed E-state index contributed by atoms with van der Waals surface area (Å²) in [4.78, 5) is 30.0. The van der Waals surface area contributed by atoms with E-state index in [0.29, 0.717) is 21.5 Å². The van der Waals surface area contributed by atoms with Crippen LogP contribution in [0, 0.1) is 0 Å². The minimum absolute atomic E-state index is 0.117. The third-order valence-corrected chi connectivity index (χ3v) is 7.04. The van der Waals surface area contributed by atoms with Crippen LogP contribution in [-0.2, 0) is 16.9 Å². The predicted octanol–water partition coefficient (Wildman–Crippen LogP) is 3.62. The SMILES string of the molecule is Cn1c(=NC(=O)c2ccc(C(=O)c3ccccc3)cc2)sc2cc(S(C)(=O)=O)ccc21. The number of benzene rings is 3. The quantitative estimate of drug-likeness (QED) is 0.445. The molecule has 0 radical (unpaired) electrons. The largest absolute Gasteiger partial charge is 0.319 e. The highest BCUT2D eigenvalue weighted by Crippen LogP contribution is 2.21. The van der Waals surface area contributed by atoms with Gasteiger partial charge in [0, 0.05) is 30.0 Å². The van der Waals surface area contributed by atoms with Gasteiger partial charge in [-0.1, -0.05) is 53.8 Å². The lowest BCUT2D eigenvalue weighted by Gasteiger charge is -2.02. The van der Waals surface area contributed by atoms with E-state index in [2.05, 4.69) is 4.99 Å². The zero-order valence-corrected chi connectivity index (χ0v) is 18.4. The van der Waals surface area contributed by atoms with Gasteiger partial charge in [0.1, 0.15) is 0 Å². The van der Waals surface area contributed by atoms with Crippen molar-refractivity contribution in [3.8, 4) is 0 Å². The van der Waals surface area contributed by atoms with Crippen LogP contribution in [-0.4, -0.2) is 30.9 Å². The number of fused-ring (bicyclic) bond motifs is 1. The van der Waals surface area contributed by atoms with Crippen LogP contribution in [0.1, 0.15) is 26.3 Å². The molecule has 0 bridgehead atoms. The summed E-state index contributed by atoms with van der Waals surface area (Å²) in [7, 11) is -1.55. The van der Waals surface area contributed by atoms with Crippen molar-refractivity contribution >= 4 is 43.1 Å². The van der Waals surface area contributed by atoms with Gasteiger partial charge >= 0.3 is 0 Å². The van der Waals surface area contributed by atoms with E-state index in [0.717, 1.165) is 16.5 Å². The fourth-order valence-electron chi connectivity index (χ4n) is 3.12. The second-order valence-corrected chi connectivity index (χ2v) is 10.1. The van der Waals surface area contributed by atoms with Crippen LogP contribution < -0.4 is 4.80 Å². The highest BCUT2D eigenvalue weighted by molar-refractivity contribution is 7.90. The molecule has 3 aromatic carbocycles. The van der Waals surface area contributed by atoms with Crippen molar-refractivity contribution in [2.45, 2.75) is 4.90 Å². The minimum Gasteiger partial charge on any atom is -0.319 e. The molecule has 1 amide bonds. The van der Waals surface area contributed by atoms with Gasteiger partial charge in [0.15, 0.2) is 20.4 Å². The fourth-order valence-corrected chi connectivity index (χ4v) is 4.90. The van der Waals surface area contributed by atoms with Crippen LogP contribution in [0.3, 0.4) is 0 Å². The molecule has 0 aliphatic heterocycles. The molecule has 1 heterocycles. The predicted molar refractivity (Wildman–Crippen MR) is 120 cm³/mol. The van der Waals surface area contributed by atoms with Crippen LogP contribution in [0.4, 0.5) is 0 Å². The van der Waals surface area contributed by atoms with Gasteiger partial charge in [0.2, 0.25) is 0 Å². The van der Waals surface area contributed by atoms with Crippen molar-refractivity contribution in [3.05, 3.63) is 94.3 Å².